The highest BCUT2D eigenvalue weighted by Crippen LogP contribution is 2.39. The molecule has 2 aromatic carbocycles. The van der Waals surface area contributed by atoms with Gasteiger partial charge in [-0.15, -0.1) is 23.5 Å². The van der Waals surface area contributed by atoms with Gasteiger partial charge in [0.1, 0.15) is 0 Å². The summed E-state index contributed by atoms with van der Waals surface area (Å²) in [6.07, 6.45) is 8.91. The summed E-state index contributed by atoms with van der Waals surface area (Å²) < 4.78 is 2.20. The van der Waals surface area contributed by atoms with E-state index < -0.39 is 0 Å². The number of nitrogens with zero attached hydrogens (tertiary/aromatic N) is 1. The van der Waals surface area contributed by atoms with E-state index in [0.717, 1.165) is 68.8 Å². The highest BCUT2D eigenvalue weighted by molar-refractivity contribution is 7.98. The fourth-order valence-electron chi connectivity index (χ4n) is 4.74. The van der Waals surface area contributed by atoms with E-state index in [0.29, 0.717) is 11.1 Å². The molecule has 1 aliphatic heterocycles. The van der Waals surface area contributed by atoms with Crippen LogP contribution in [0, 0.1) is 0 Å². The van der Waals surface area contributed by atoms with Crippen LogP contribution in [-0.4, -0.2) is 47.0 Å². The number of hydrogen-bond acceptors (Lipinski definition) is 5. The highest BCUT2D eigenvalue weighted by atomic mass is 32.2. The zero-order valence-corrected chi connectivity index (χ0v) is 21.7. The Bertz CT molecular complexity index is 1480. The summed E-state index contributed by atoms with van der Waals surface area (Å²) in [7, 11) is 0. The summed E-state index contributed by atoms with van der Waals surface area (Å²) >= 11 is 3.31. The van der Waals surface area contributed by atoms with Crippen LogP contribution >= 0.6 is 23.5 Å². The summed E-state index contributed by atoms with van der Waals surface area (Å²) in [5, 5.41) is 7.86. The number of H-pyrrole nitrogens is 1. The van der Waals surface area contributed by atoms with E-state index in [4.69, 9.17) is 0 Å². The molecule has 0 fully saturated rings. The van der Waals surface area contributed by atoms with Crippen LogP contribution in [0.15, 0.2) is 58.6 Å². The molecule has 4 aromatic rings. The molecule has 35 heavy (non-hydrogen) atoms. The van der Waals surface area contributed by atoms with Crippen LogP contribution in [-0.2, 0) is 16.1 Å². The summed E-state index contributed by atoms with van der Waals surface area (Å²) in [5.41, 5.74) is 4.43. The van der Waals surface area contributed by atoms with E-state index in [2.05, 4.69) is 51.4 Å². The number of aromatic nitrogens is 2. The van der Waals surface area contributed by atoms with Gasteiger partial charge in [0.25, 0.3) is 11.8 Å². The van der Waals surface area contributed by atoms with E-state index in [-0.39, 0.29) is 11.8 Å². The number of thioether (sulfide) groups is 2. The van der Waals surface area contributed by atoms with Gasteiger partial charge in [0.15, 0.2) is 0 Å². The van der Waals surface area contributed by atoms with Gasteiger partial charge in [0.05, 0.1) is 11.1 Å². The predicted octanol–water partition coefficient (Wildman–Crippen LogP) is 5.13. The maximum atomic E-state index is 13.2. The zero-order chi connectivity index (χ0) is 24.5. The maximum Gasteiger partial charge on any atom is 0.259 e. The molecule has 0 bridgehead atoms. The molecule has 1 aliphatic rings. The predicted molar refractivity (Wildman–Crippen MR) is 147 cm³/mol. The van der Waals surface area contributed by atoms with Crippen LogP contribution < -0.4 is 10.6 Å². The topological polar surface area (TPSA) is 78.9 Å². The summed E-state index contributed by atoms with van der Waals surface area (Å²) in [5.74, 6) is -0.698. The van der Waals surface area contributed by atoms with Crippen LogP contribution in [0.3, 0.4) is 0 Å². The molecule has 0 aliphatic carbocycles. The first-order chi connectivity index (χ1) is 17.0. The fraction of sp³-hybridized carbons (Fsp3) is 0.259. The molecule has 6 nitrogen and oxygen atoms in total. The molecule has 3 N–H and O–H groups in total. The van der Waals surface area contributed by atoms with E-state index in [1.807, 2.05) is 37.0 Å². The minimum absolute atomic E-state index is 0.346. The number of rotatable bonds is 9. The number of imide groups is 1. The average Bonchev–Trinajstić information content (AvgIpc) is 3.53. The third-order valence-corrected chi connectivity index (χ3v) is 7.90. The summed E-state index contributed by atoms with van der Waals surface area (Å²) in [6.45, 7) is 4.79. The Hall–Kier alpha value is -2.94. The van der Waals surface area contributed by atoms with Crippen LogP contribution in [0.1, 0.15) is 24.5 Å². The third kappa shape index (κ3) is 4.30. The molecule has 5 rings (SSSR count). The van der Waals surface area contributed by atoms with Gasteiger partial charge in [-0.25, -0.2) is 0 Å². The molecule has 0 radical (unpaired) electrons. The lowest BCUT2D eigenvalue weighted by Gasteiger charge is -2.06. The standard InChI is InChI=1S/C27H28N4O2S2/c1-4-28-10-5-11-31-15-21(19-13-17(35-3)7-9-23(19)31)25-24(26(32)30-27(25)33)20-14-29-22-8-6-16(34-2)12-18(20)22/h6-9,12-15,28-29H,4-5,10-11H2,1-3H3,(H,30,32,33). The molecule has 2 aromatic heterocycles. The molecule has 0 saturated carbocycles. The normalized spacial score (nSPS) is 14.0. The average molecular weight is 505 g/mol. The molecule has 0 spiro atoms. The molecule has 0 atom stereocenters. The van der Waals surface area contributed by atoms with Gasteiger partial charge in [-0.2, -0.15) is 0 Å². The van der Waals surface area contributed by atoms with Crippen molar-refractivity contribution in [2.45, 2.75) is 29.7 Å². The molecule has 0 saturated heterocycles. The molecule has 2 amide bonds. The number of aryl methyl sites for hydroxylation is 1. The number of carbonyl (C=O) groups is 2. The number of carbonyl (C=O) groups excluding carboxylic acids is 2. The minimum Gasteiger partial charge on any atom is -0.361 e. The van der Waals surface area contributed by atoms with Crippen LogP contribution in [0.25, 0.3) is 33.0 Å². The number of aromatic amines is 1. The first kappa shape index (κ1) is 23.8. The second-order valence-corrected chi connectivity index (χ2v) is 10.2. The number of amides is 2. The van der Waals surface area contributed by atoms with Crippen molar-refractivity contribution in [2.24, 2.45) is 0 Å². The van der Waals surface area contributed by atoms with Crippen LogP contribution in [0.2, 0.25) is 0 Å². The number of hydrogen-bond donors (Lipinski definition) is 3. The Kier molecular flexibility index (Phi) is 6.77. The lowest BCUT2D eigenvalue weighted by Crippen LogP contribution is -2.22. The van der Waals surface area contributed by atoms with Crippen molar-refractivity contribution >= 4 is 68.3 Å². The van der Waals surface area contributed by atoms with E-state index >= 15 is 0 Å². The van der Waals surface area contributed by atoms with Crippen molar-refractivity contribution in [2.75, 3.05) is 25.6 Å². The van der Waals surface area contributed by atoms with Crippen LogP contribution in [0.4, 0.5) is 0 Å². The Balaban J connectivity index is 1.72. The smallest absolute Gasteiger partial charge is 0.259 e. The van der Waals surface area contributed by atoms with Crippen LogP contribution in [0.5, 0.6) is 0 Å². The SMILES string of the molecule is CCNCCCn1cc(C2=C(c3c[nH]c4ccc(SC)cc34)C(=O)NC2=O)c2cc(SC)ccc21. The highest BCUT2D eigenvalue weighted by Gasteiger charge is 2.35. The second-order valence-electron chi connectivity index (χ2n) is 8.47. The van der Waals surface area contributed by atoms with E-state index in [1.165, 1.54) is 0 Å². The summed E-state index contributed by atoms with van der Waals surface area (Å²) in [4.78, 5) is 31.9. The van der Waals surface area contributed by atoms with Gasteiger partial charge in [-0.3, -0.25) is 14.9 Å². The Morgan fingerprint density at radius 1 is 0.914 bits per heavy atom. The van der Waals surface area contributed by atoms with Gasteiger partial charge in [-0.05, 0) is 68.4 Å². The number of nitrogens with one attached hydrogen (secondary N) is 3. The van der Waals surface area contributed by atoms with Gasteiger partial charge < -0.3 is 14.9 Å². The first-order valence-corrected chi connectivity index (χ1v) is 14.1. The van der Waals surface area contributed by atoms with E-state index in [9.17, 15) is 9.59 Å². The Morgan fingerprint density at radius 3 is 2.31 bits per heavy atom. The molecular formula is C27H28N4O2S2. The Labute approximate surface area is 212 Å². The van der Waals surface area contributed by atoms with Gasteiger partial charge in [0.2, 0.25) is 0 Å². The zero-order valence-electron chi connectivity index (χ0n) is 20.0. The third-order valence-electron chi connectivity index (χ3n) is 6.45. The van der Waals surface area contributed by atoms with Crippen molar-refractivity contribution in [1.29, 1.82) is 0 Å². The molecule has 180 valence electrons. The maximum absolute atomic E-state index is 13.2. The lowest BCUT2D eigenvalue weighted by atomic mass is 9.95. The summed E-state index contributed by atoms with van der Waals surface area (Å²) in [6, 6.07) is 12.5. The molecular weight excluding hydrogens is 476 g/mol. The largest absolute Gasteiger partial charge is 0.361 e. The molecule has 0 unspecified atom stereocenters. The fourth-order valence-corrected chi connectivity index (χ4v) is 5.62. The van der Waals surface area contributed by atoms with Crippen molar-refractivity contribution in [3.05, 3.63) is 59.9 Å². The minimum atomic E-state index is -0.352. The lowest BCUT2D eigenvalue weighted by molar-refractivity contribution is -0.122. The van der Waals surface area contributed by atoms with Gasteiger partial charge in [-0.1, -0.05) is 6.92 Å². The quantitative estimate of drug-likeness (QED) is 0.167. The van der Waals surface area contributed by atoms with Crippen molar-refractivity contribution in [1.82, 2.24) is 20.2 Å². The molecule has 3 heterocycles. The Morgan fingerprint density at radius 2 is 1.60 bits per heavy atom. The number of benzene rings is 2. The second kappa shape index (κ2) is 9.97. The van der Waals surface area contributed by atoms with Crippen molar-refractivity contribution < 1.29 is 9.59 Å². The van der Waals surface area contributed by atoms with E-state index in [1.54, 1.807) is 23.5 Å². The number of fused-ring (bicyclic) bond motifs is 2. The van der Waals surface area contributed by atoms with Crippen molar-refractivity contribution in [3.63, 3.8) is 0 Å². The first-order valence-electron chi connectivity index (χ1n) is 11.7. The molecule has 8 heteroatoms. The monoisotopic (exact) mass is 504 g/mol. The van der Waals surface area contributed by atoms with Gasteiger partial charge in [0, 0.05) is 61.7 Å². The van der Waals surface area contributed by atoms with Gasteiger partial charge >= 0.3 is 0 Å². The van der Waals surface area contributed by atoms with Crippen molar-refractivity contribution in [3.8, 4) is 0 Å².